The molecule has 5 N–H and O–H groups in total. The van der Waals surface area contributed by atoms with E-state index in [0.717, 1.165) is 35.1 Å². The molecule has 7 nitrogen and oxygen atoms in total. The number of nitrogens with one attached hydrogen (secondary N) is 2. The number of hydrogen-bond donors (Lipinski definition) is 5. The number of phenolic OH excluding ortho intramolecular Hbond substituents is 1. The van der Waals surface area contributed by atoms with Crippen molar-refractivity contribution in [2.24, 2.45) is 11.8 Å². The average Bonchev–Trinajstić information content (AvgIpc) is 3.74. The van der Waals surface area contributed by atoms with Crippen molar-refractivity contribution in [1.29, 1.82) is 0 Å². The van der Waals surface area contributed by atoms with Gasteiger partial charge in [-0.3, -0.25) is 9.59 Å². The van der Waals surface area contributed by atoms with E-state index in [1.54, 1.807) is 12.1 Å². The Morgan fingerprint density at radius 1 is 0.833 bits per heavy atom. The number of benzene rings is 3. The summed E-state index contributed by atoms with van der Waals surface area (Å²) in [4.78, 5) is 25.9. The first-order chi connectivity index (χ1) is 20.3. The molecule has 1 fully saturated rings. The largest absolute Gasteiger partial charge is 0.508 e. The number of fused-ring (bicyclic) bond motifs is 1. The summed E-state index contributed by atoms with van der Waals surface area (Å²) in [5.41, 5.74) is 4.06. The Bertz CT molecular complexity index is 1320. The van der Waals surface area contributed by atoms with Crippen LogP contribution in [-0.2, 0) is 28.9 Å². The summed E-state index contributed by atoms with van der Waals surface area (Å²) >= 11 is 0. The summed E-state index contributed by atoms with van der Waals surface area (Å²) in [5, 5.41) is 38.1. The lowest BCUT2D eigenvalue weighted by molar-refractivity contribution is -0.123. The second kappa shape index (κ2) is 14.0. The minimum Gasteiger partial charge on any atom is -0.508 e. The minimum atomic E-state index is -0.716. The van der Waals surface area contributed by atoms with Crippen LogP contribution in [-0.4, -0.2) is 45.4 Å². The highest BCUT2D eigenvalue weighted by molar-refractivity contribution is 5.77. The Kier molecular flexibility index (Phi) is 9.93. The molecule has 0 bridgehead atoms. The second-order valence-electron chi connectivity index (χ2n) is 12.1. The van der Waals surface area contributed by atoms with Crippen LogP contribution in [0, 0.1) is 11.8 Å². The van der Waals surface area contributed by atoms with E-state index in [9.17, 15) is 24.9 Å². The Morgan fingerprint density at radius 3 is 2.26 bits per heavy atom. The van der Waals surface area contributed by atoms with Gasteiger partial charge < -0.3 is 26.0 Å². The third kappa shape index (κ3) is 8.43. The van der Waals surface area contributed by atoms with Gasteiger partial charge in [-0.15, -0.1) is 0 Å². The molecular weight excluding hydrogens is 528 g/mol. The maximum atomic E-state index is 13.4. The first-order valence-electron chi connectivity index (χ1n) is 15.2. The van der Waals surface area contributed by atoms with Gasteiger partial charge in [0, 0.05) is 25.3 Å². The third-order valence-corrected chi connectivity index (χ3v) is 8.60. The fraction of sp³-hybridized carbons (Fsp3) is 0.429. The van der Waals surface area contributed by atoms with E-state index in [1.165, 1.54) is 0 Å². The van der Waals surface area contributed by atoms with Gasteiger partial charge in [0.25, 0.3) is 0 Å². The number of rotatable bonds is 14. The van der Waals surface area contributed by atoms with Crippen molar-refractivity contribution in [2.45, 2.75) is 82.1 Å². The van der Waals surface area contributed by atoms with E-state index in [0.29, 0.717) is 44.6 Å². The molecule has 0 heterocycles. The van der Waals surface area contributed by atoms with E-state index in [-0.39, 0.29) is 35.8 Å². The highest BCUT2D eigenvalue weighted by Crippen LogP contribution is 2.32. The number of amides is 2. The van der Waals surface area contributed by atoms with Gasteiger partial charge in [-0.1, -0.05) is 66.7 Å². The predicted molar refractivity (Wildman–Crippen MR) is 162 cm³/mol. The summed E-state index contributed by atoms with van der Waals surface area (Å²) < 4.78 is 0. The zero-order chi connectivity index (χ0) is 29.5. The van der Waals surface area contributed by atoms with Crippen LogP contribution < -0.4 is 10.6 Å². The van der Waals surface area contributed by atoms with Gasteiger partial charge in [0.15, 0.2) is 0 Å². The quantitative estimate of drug-likeness (QED) is 0.197. The summed E-state index contributed by atoms with van der Waals surface area (Å²) in [6, 6.07) is 24.6. The fourth-order valence-corrected chi connectivity index (χ4v) is 6.17. The van der Waals surface area contributed by atoms with Crippen molar-refractivity contribution >= 4 is 11.8 Å². The molecule has 0 spiro atoms. The number of aliphatic hydroxyl groups is 2. The van der Waals surface area contributed by atoms with Crippen LogP contribution in [0.2, 0.25) is 0 Å². The number of hydrogen-bond acceptors (Lipinski definition) is 5. The SMILES string of the molecule is O=C(CC[C@@H](Cc1ccccc1)[C@@H](O)C[C@H](CC(=O)N[C@H]1c2ccccc2C[C@H]1O)Cc1ccc(O)cc1)NC1CC1. The summed E-state index contributed by atoms with van der Waals surface area (Å²) in [5.74, 6) is -0.300. The van der Waals surface area contributed by atoms with Gasteiger partial charge in [-0.2, -0.15) is 0 Å². The Labute approximate surface area is 248 Å². The summed E-state index contributed by atoms with van der Waals surface area (Å²) in [7, 11) is 0. The average molecular weight is 571 g/mol. The van der Waals surface area contributed by atoms with Crippen LogP contribution in [0.3, 0.4) is 0 Å². The second-order valence-corrected chi connectivity index (χ2v) is 12.1. The van der Waals surface area contributed by atoms with Crippen LogP contribution in [0.15, 0.2) is 78.9 Å². The molecule has 0 radical (unpaired) electrons. The lowest BCUT2D eigenvalue weighted by Gasteiger charge is -2.28. The number of carbonyl (C=O) groups is 2. The summed E-state index contributed by atoms with van der Waals surface area (Å²) in [6.45, 7) is 0. The standard InChI is InChI=1S/C35H42N2O5/c38-29-15-10-24(11-16-29)18-25(21-34(42)37-35-30-9-5-4-8-26(30)22-32(35)40)20-31(39)27(19-23-6-2-1-3-7-23)12-17-33(41)36-28-13-14-28/h1-11,15-16,25,27-28,31-32,35,38-40H,12-14,17-22H2,(H,36,41)(H,37,42)/t25-,27+,31+,32-,35+/m1/s1. The number of aliphatic hydroxyl groups excluding tert-OH is 2. The lowest BCUT2D eigenvalue weighted by atomic mass is 9.82. The lowest BCUT2D eigenvalue weighted by Crippen LogP contribution is -2.36. The molecule has 0 aliphatic heterocycles. The van der Waals surface area contributed by atoms with Crippen LogP contribution in [0.25, 0.3) is 0 Å². The maximum Gasteiger partial charge on any atom is 0.220 e. The molecule has 7 heteroatoms. The van der Waals surface area contributed by atoms with Crippen molar-refractivity contribution in [1.82, 2.24) is 10.6 Å². The molecule has 0 unspecified atom stereocenters. The molecule has 3 aromatic rings. The molecule has 42 heavy (non-hydrogen) atoms. The van der Waals surface area contributed by atoms with E-state index in [1.807, 2.05) is 66.7 Å². The predicted octanol–water partition coefficient (Wildman–Crippen LogP) is 4.38. The van der Waals surface area contributed by atoms with Crippen molar-refractivity contribution < 1.29 is 24.9 Å². The van der Waals surface area contributed by atoms with Gasteiger partial charge in [-0.05, 0) is 84.7 Å². The molecular formula is C35H42N2O5. The van der Waals surface area contributed by atoms with Gasteiger partial charge in [0.05, 0.1) is 18.2 Å². The molecule has 1 saturated carbocycles. The van der Waals surface area contributed by atoms with Crippen molar-refractivity contribution in [3.8, 4) is 5.75 Å². The monoisotopic (exact) mass is 570 g/mol. The van der Waals surface area contributed by atoms with Crippen LogP contribution >= 0.6 is 0 Å². The van der Waals surface area contributed by atoms with Gasteiger partial charge >= 0.3 is 0 Å². The molecule has 3 aromatic carbocycles. The highest BCUT2D eigenvalue weighted by atomic mass is 16.3. The normalized spacial score (nSPS) is 19.9. The van der Waals surface area contributed by atoms with Crippen LogP contribution in [0.1, 0.15) is 66.8 Å². The Hall–Kier alpha value is -3.68. The molecule has 5 atom stereocenters. The molecule has 2 aliphatic carbocycles. The van der Waals surface area contributed by atoms with Crippen molar-refractivity contribution in [3.05, 3.63) is 101 Å². The first-order valence-corrected chi connectivity index (χ1v) is 15.2. The minimum absolute atomic E-state index is 0.0261. The van der Waals surface area contributed by atoms with Gasteiger partial charge in [0.1, 0.15) is 5.75 Å². The van der Waals surface area contributed by atoms with E-state index in [4.69, 9.17) is 0 Å². The third-order valence-electron chi connectivity index (χ3n) is 8.60. The molecule has 5 rings (SSSR count). The molecule has 2 amide bonds. The zero-order valence-corrected chi connectivity index (χ0v) is 24.0. The van der Waals surface area contributed by atoms with Crippen molar-refractivity contribution in [2.75, 3.05) is 0 Å². The Balaban J connectivity index is 1.28. The number of carbonyl (C=O) groups excluding carboxylic acids is 2. The summed E-state index contributed by atoms with van der Waals surface area (Å²) in [6.07, 6.45) is 3.85. The smallest absolute Gasteiger partial charge is 0.220 e. The van der Waals surface area contributed by atoms with Crippen molar-refractivity contribution in [3.63, 3.8) is 0 Å². The van der Waals surface area contributed by atoms with E-state index in [2.05, 4.69) is 10.6 Å². The first kappa shape index (κ1) is 29.8. The van der Waals surface area contributed by atoms with Gasteiger partial charge in [0.2, 0.25) is 11.8 Å². The topological polar surface area (TPSA) is 119 Å². The number of phenols is 1. The molecule has 0 saturated heterocycles. The highest BCUT2D eigenvalue weighted by Gasteiger charge is 2.33. The Morgan fingerprint density at radius 2 is 1.52 bits per heavy atom. The van der Waals surface area contributed by atoms with Crippen LogP contribution in [0.5, 0.6) is 5.75 Å². The fourth-order valence-electron chi connectivity index (χ4n) is 6.17. The maximum absolute atomic E-state index is 13.4. The van der Waals surface area contributed by atoms with Gasteiger partial charge in [-0.25, -0.2) is 0 Å². The molecule has 0 aromatic heterocycles. The molecule has 2 aliphatic rings. The number of aromatic hydroxyl groups is 1. The zero-order valence-electron chi connectivity index (χ0n) is 24.0. The van der Waals surface area contributed by atoms with E-state index >= 15 is 0 Å². The molecule has 222 valence electrons. The van der Waals surface area contributed by atoms with E-state index < -0.39 is 18.2 Å². The van der Waals surface area contributed by atoms with Crippen LogP contribution in [0.4, 0.5) is 0 Å².